The van der Waals surface area contributed by atoms with Gasteiger partial charge >= 0.3 is 6.18 Å². The van der Waals surface area contributed by atoms with Crippen LogP contribution in [0.15, 0.2) is 29.0 Å². The van der Waals surface area contributed by atoms with Crippen molar-refractivity contribution in [1.82, 2.24) is 29.1 Å². The predicted molar refractivity (Wildman–Crippen MR) is 105 cm³/mol. The van der Waals surface area contributed by atoms with Crippen LogP contribution in [0.1, 0.15) is 12.6 Å². The number of imidazole rings is 2. The molecule has 4 aromatic rings. The van der Waals surface area contributed by atoms with Crippen LogP contribution in [-0.4, -0.2) is 43.2 Å². The fraction of sp³-hybridized carbons (Fsp3) is 0.294. The number of hydrogen-bond donors (Lipinski definition) is 0. The summed E-state index contributed by atoms with van der Waals surface area (Å²) in [7, 11) is -0.586. The molecular formula is C17H15F3N6O2S2. The summed E-state index contributed by atoms with van der Waals surface area (Å²) in [6, 6.07) is 0.833. The second-order valence-electron chi connectivity index (χ2n) is 6.47. The number of thiazole rings is 1. The summed E-state index contributed by atoms with van der Waals surface area (Å²) in [5.74, 6) is 0.330. The number of aryl methyl sites for hydroxylation is 1. The first-order valence-corrected chi connectivity index (χ1v) is 11.2. The van der Waals surface area contributed by atoms with Gasteiger partial charge in [0.25, 0.3) is 0 Å². The fourth-order valence-corrected chi connectivity index (χ4v) is 4.98. The first kappa shape index (κ1) is 20.5. The van der Waals surface area contributed by atoms with Crippen molar-refractivity contribution in [2.24, 2.45) is 14.1 Å². The van der Waals surface area contributed by atoms with Crippen molar-refractivity contribution >= 4 is 32.2 Å². The lowest BCUT2D eigenvalue weighted by Crippen LogP contribution is -2.11. The molecule has 0 aromatic carbocycles. The first-order chi connectivity index (χ1) is 14.0. The molecule has 0 aliphatic rings. The zero-order chi connectivity index (χ0) is 21.8. The van der Waals surface area contributed by atoms with E-state index in [1.807, 2.05) is 0 Å². The molecule has 0 radical (unpaired) electrons. The number of rotatable bonds is 4. The maximum absolute atomic E-state index is 13.0. The molecule has 8 nitrogen and oxygen atoms in total. The number of hydrogen-bond acceptors (Lipinski definition) is 7. The molecule has 0 atom stereocenters. The SMILES string of the molecule is CCS(=O)(=O)c1c(-c2nc3cc(C(F)(F)F)ncc3n2C)nc(-c2cncs2)n1C. The van der Waals surface area contributed by atoms with E-state index in [9.17, 15) is 21.6 Å². The van der Waals surface area contributed by atoms with Gasteiger partial charge in [-0.25, -0.2) is 23.4 Å². The average Bonchev–Trinajstić information content (AvgIpc) is 3.39. The number of aromatic nitrogens is 6. The van der Waals surface area contributed by atoms with Gasteiger partial charge in [-0.1, -0.05) is 6.92 Å². The summed E-state index contributed by atoms with van der Waals surface area (Å²) >= 11 is 1.29. The highest BCUT2D eigenvalue weighted by molar-refractivity contribution is 7.91. The van der Waals surface area contributed by atoms with E-state index >= 15 is 0 Å². The average molecular weight is 456 g/mol. The first-order valence-electron chi connectivity index (χ1n) is 8.63. The molecule has 0 spiro atoms. The summed E-state index contributed by atoms with van der Waals surface area (Å²) in [6.07, 6.45) is -1.99. The van der Waals surface area contributed by atoms with Gasteiger partial charge in [-0.15, -0.1) is 11.3 Å². The Labute approximate surface area is 173 Å². The second-order valence-corrected chi connectivity index (χ2v) is 9.55. The molecule has 4 heterocycles. The van der Waals surface area contributed by atoms with Crippen molar-refractivity contribution in [3.05, 3.63) is 29.7 Å². The van der Waals surface area contributed by atoms with Gasteiger partial charge in [-0.3, -0.25) is 4.98 Å². The lowest BCUT2D eigenvalue weighted by atomic mass is 10.3. The van der Waals surface area contributed by atoms with E-state index in [-0.39, 0.29) is 27.8 Å². The molecule has 13 heteroatoms. The molecule has 0 saturated heterocycles. The summed E-state index contributed by atoms with van der Waals surface area (Å²) in [5, 5.41) is -0.0594. The quantitative estimate of drug-likeness (QED) is 0.468. The van der Waals surface area contributed by atoms with Crippen LogP contribution in [-0.2, 0) is 30.1 Å². The Bertz CT molecular complexity index is 1350. The van der Waals surface area contributed by atoms with Crippen LogP contribution in [0.2, 0.25) is 0 Å². The highest BCUT2D eigenvalue weighted by Gasteiger charge is 2.34. The Balaban J connectivity index is 2.01. The molecule has 0 aliphatic heterocycles. The van der Waals surface area contributed by atoms with Gasteiger partial charge in [0.05, 0.1) is 33.4 Å². The van der Waals surface area contributed by atoms with Gasteiger partial charge in [0.15, 0.2) is 26.5 Å². The van der Waals surface area contributed by atoms with Crippen molar-refractivity contribution in [1.29, 1.82) is 0 Å². The summed E-state index contributed by atoms with van der Waals surface area (Å²) < 4.78 is 67.7. The van der Waals surface area contributed by atoms with Crippen molar-refractivity contribution in [2.45, 2.75) is 18.1 Å². The molecule has 0 bridgehead atoms. The van der Waals surface area contributed by atoms with Crippen LogP contribution >= 0.6 is 11.3 Å². The van der Waals surface area contributed by atoms with Crippen molar-refractivity contribution < 1.29 is 21.6 Å². The Hall–Kier alpha value is -2.80. The standard InChI is InChI=1S/C17H15F3N6O2S2/c1-4-30(27,28)16-13(24-14(26(16)3)11-7-21-8-29-11)15-23-9-5-12(17(18,19)20)22-6-10(9)25(15)2/h5-8H,4H2,1-3H3. The molecule has 158 valence electrons. The lowest BCUT2D eigenvalue weighted by Gasteiger charge is -2.07. The molecule has 0 saturated carbocycles. The summed E-state index contributed by atoms with van der Waals surface area (Å²) in [5.41, 5.74) is 0.946. The van der Waals surface area contributed by atoms with E-state index in [0.29, 0.717) is 16.2 Å². The van der Waals surface area contributed by atoms with Crippen LogP contribution in [0.5, 0.6) is 0 Å². The maximum Gasteiger partial charge on any atom is 0.433 e. The number of pyridine rings is 1. The van der Waals surface area contributed by atoms with E-state index in [1.165, 1.54) is 27.4 Å². The maximum atomic E-state index is 13.0. The molecule has 4 rings (SSSR count). The Morgan fingerprint density at radius 1 is 1.10 bits per heavy atom. The molecule has 0 fully saturated rings. The predicted octanol–water partition coefficient (Wildman–Crippen LogP) is 3.30. The van der Waals surface area contributed by atoms with Crippen molar-refractivity contribution in [3.63, 3.8) is 0 Å². The Kier molecular flexibility index (Phi) is 4.69. The largest absolute Gasteiger partial charge is 0.433 e. The van der Waals surface area contributed by atoms with Gasteiger partial charge in [-0.05, 0) is 6.07 Å². The molecule has 0 aliphatic carbocycles. The van der Waals surface area contributed by atoms with Crippen LogP contribution in [0, 0.1) is 0 Å². The summed E-state index contributed by atoms with van der Waals surface area (Å²) in [6.45, 7) is 1.51. The van der Waals surface area contributed by atoms with E-state index in [2.05, 4.69) is 19.9 Å². The van der Waals surface area contributed by atoms with Gasteiger partial charge in [0.2, 0.25) is 0 Å². The number of halogens is 3. The number of alkyl halides is 3. The third-order valence-corrected chi connectivity index (χ3v) is 7.22. The number of fused-ring (bicyclic) bond motifs is 1. The van der Waals surface area contributed by atoms with Crippen molar-refractivity contribution in [3.8, 4) is 22.2 Å². The van der Waals surface area contributed by atoms with Gasteiger partial charge in [0, 0.05) is 20.3 Å². The number of nitrogens with zero attached hydrogens (tertiary/aromatic N) is 6. The van der Waals surface area contributed by atoms with Gasteiger partial charge < -0.3 is 9.13 Å². The molecule has 0 N–H and O–H groups in total. The Morgan fingerprint density at radius 3 is 2.43 bits per heavy atom. The summed E-state index contributed by atoms with van der Waals surface area (Å²) in [4.78, 5) is 16.9. The number of sulfone groups is 1. The third-order valence-electron chi connectivity index (χ3n) is 4.64. The second kappa shape index (κ2) is 6.87. The van der Waals surface area contributed by atoms with Crippen LogP contribution < -0.4 is 0 Å². The van der Waals surface area contributed by atoms with E-state index in [1.54, 1.807) is 25.8 Å². The van der Waals surface area contributed by atoms with Crippen molar-refractivity contribution in [2.75, 3.05) is 5.75 Å². The highest BCUT2D eigenvalue weighted by Crippen LogP contribution is 2.35. The molecule has 0 unspecified atom stereocenters. The van der Waals surface area contributed by atoms with Gasteiger partial charge in [0.1, 0.15) is 11.4 Å². The van der Waals surface area contributed by atoms with Crippen LogP contribution in [0.4, 0.5) is 13.2 Å². The van der Waals surface area contributed by atoms with E-state index in [0.717, 1.165) is 12.3 Å². The highest BCUT2D eigenvalue weighted by atomic mass is 32.2. The normalized spacial score (nSPS) is 12.7. The fourth-order valence-electron chi connectivity index (χ4n) is 3.12. The van der Waals surface area contributed by atoms with E-state index in [4.69, 9.17) is 0 Å². The zero-order valence-electron chi connectivity index (χ0n) is 16.0. The lowest BCUT2D eigenvalue weighted by molar-refractivity contribution is -0.141. The zero-order valence-corrected chi connectivity index (χ0v) is 17.6. The minimum absolute atomic E-state index is 0.0414. The Morgan fingerprint density at radius 2 is 1.83 bits per heavy atom. The molecule has 0 amide bonds. The van der Waals surface area contributed by atoms with E-state index < -0.39 is 21.7 Å². The van der Waals surface area contributed by atoms with Gasteiger partial charge in [-0.2, -0.15) is 13.2 Å². The smallest absolute Gasteiger partial charge is 0.324 e. The molecular weight excluding hydrogens is 441 g/mol. The van der Waals surface area contributed by atoms with Crippen LogP contribution in [0.25, 0.3) is 33.3 Å². The third kappa shape index (κ3) is 3.17. The molecule has 4 aromatic heterocycles. The minimum Gasteiger partial charge on any atom is -0.324 e. The molecule has 30 heavy (non-hydrogen) atoms. The monoisotopic (exact) mass is 456 g/mol. The topological polar surface area (TPSA) is 95.6 Å². The minimum atomic E-state index is -4.62. The van der Waals surface area contributed by atoms with Crippen LogP contribution in [0.3, 0.4) is 0 Å².